The number of ether oxygens (including phenoxy) is 1. The Hall–Kier alpha value is -1.31. The first-order chi connectivity index (χ1) is 12.5. The minimum absolute atomic E-state index is 0. The molecule has 1 N–H and O–H groups in total. The van der Waals surface area contributed by atoms with Crippen molar-refractivity contribution in [2.45, 2.75) is 45.4 Å². The van der Waals surface area contributed by atoms with Crippen molar-refractivity contribution < 1.29 is 9.53 Å². The van der Waals surface area contributed by atoms with E-state index in [2.05, 4.69) is 53.3 Å². The Morgan fingerprint density at radius 3 is 2.41 bits per heavy atom. The number of carbonyl (C=O) groups is 1. The van der Waals surface area contributed by atoms with Crippen molar-refractivity contribution in [3.8, 4) is 0 Å². The van der Waals surface area contributed by atoms with Crippen molar-refractivity contribution >= 4 is 35.9 Å². The lowest BCUT2D eigenvalue weighted by molar-refractivity contribution is -0.146. The number of esters is 1. The number of methoxy groups -OCH3 is 1. The van der Waals surface area contributed by atoms with Crippen LogP contribution in [0.1, 0.15) is 50.2 Å². The predicted molar refractivity (Wildman–Crippen MR) is 122 cm³/mol. The number of aryl methyl sites for hydroxylation is 1. The number of nitrogens with one attached hydrogen (secondary N) is 1. The van der Waals surface area contributed by atoms with E-state index in [9.17, 15) is 4.79 Å². The molecule has 0 atom stereocenters. The van der Waals surface area contributed by atoms with Gasteiger partial charge in [-0.2, -0.15) is 0 Å². The monoisotopic (exact) mass is 487 g/mol. The molecule has 0 aliphatic carbocycles. The summed E-state index contributed by atoms with van der Waals surface area (Å²) in [6, 6.07) is 8.94. The Labute approximate surface area is 181 Å². The van der Waals surface area contributed by atoms with E-state index in [1.807, 2.05) is 7.05 Å². The molecule has 1 heterocycles. The minimum atomic E-state index is -0.0870. The van der Waals surface area contributed by atoms with Crippen molar-refractivity contribution in [1.82, 2.24) is 10.2 Å². The highest BCUT2D eigenvalue weighted by molar-refractivity contribution is 14.0. The Balaban J connectivity index is 0.00000364. The van der Waals surface area contributed by atoms with Crippen LogP contribution in [0.15, 0.2) is 29.3 Å². The minimum Gasteiger partial charge on any atom is -0.469 e. The third-order valence-electron chi connectivity index (χ3n) is 5.11. The van der Waals surface area contributed by atoms with Gasteiger partial charge in [-0.3, -0.25) is 9.79 Å². The first-order valence-corrected chi connectivity index (χ1v) is 9.67. The topological polar surface area (TPSA) is 53.9 Å². The summed E-state index contributed by atoms with van der Waals surface area (Å²) in [7, 11) is 3.28. The van der Waals surface area contributed by atoms with Crippen LogP contribution in [0.3, 0.4) is 0 Å². The number of guanidine groups is 1. The zero-order valence-corrected chi connectivity index (χ0v) is 19.4. The van der Waals surface area contributed by atoms with Crippen LogP contribution in [0, 0.1) is 5.92 Å². The Kier molecular flexibility index (Phi) is 10.7. The number of benzene rings is 1. The smallest absolute Gasteiger partial charge is 0.308 e. The SMILES string of the molecule is CN=C(NCCCc1ccc(C(C)C)cc1)N1CCC(C(=O)OC)CC1.I. The van der Waals surface area contributed by atoms with E-state index >= 15 is 0 Å². The molecule has 1 aliphatic heterocycles. The maximum Gasteiger partial charge on any atom is 0.308 e. The maximum atomic E-state index is 11.6. The standard InChI is InChI=1S/C21H33N3O2.HI/c1-16(2)18-9-7-17(8-10-18)6-5-13-23-21(22-3)24-14-11-19(12-15-24)20(25)26-4;/h7-10,16,19H,5-6,11-15H2,1-4H3,(H,22,23);1H. The van der Waals surface area contributed by atoms with Crippen LogP contribution >= 0.6 is 24.0 Å². The second-order valence-corrected chi connectivity index (χ2v) is 7.26. The molecule has 0 unspecified atom stereocenters. The van der Waals surface area contributed by atoms with Crippen LogP contribution in [-0.4, -0.2) is 50.6 Å². The van der Waals surface area contributed by atoms with Gasteiger partial charge in [0.05, 0.1) is 13.0 Å². The molecular weight excluding hydrogens is 453 g/mol. The lowest BCUT2D eigenvalue weighted by atomic mass is 9.97. The number of rotatable bonds is 6. The number of carbonyl (C=O) groups excluding carboxylic acids is 1. The van der Waals surface area contributed by atoms with Gasteiger partial charge in [0.15, 0.2) is 5.96 Å². The fraction of sp³-hybridized carbons (Fsp3) is 0.619. The van der Waals surface area contributed by atoms with E-state index in [0.29, 0.717) is 5.92 Å². The van der Waals surface area contributed by atoms with E-state index in [-0.39, 0.29) is 35.9 Å². The Bertz CT molecular complexity index is 594. The van der Waals surface area contributed by atoms with E-state index in [1.54, 1.807) is 0 Å². The molecule has 1 saturated heterocycles. The van der Waals surface area contributed by atoms with Gasteiger partial charge in [-0.05, 0) is 42.7 Å². The molecular formula is C21H34IN3O2. The number of halogens is 1. The molecule has 27 heavy (non-hydrogen) atoms. The van der Waals surface area contributed by atoms with Crippen LogP contribution < -0.4 is 5.32 Å². The van der Waals surface area contributed by atoms with Crippen LogP contribution in [-0.2, 0) is 16.0 Å². The zero-order chi connectivity index (χ0) is 18.9. The van der Waals surface area contributed by atoms with Gasteiger partial charge < -0.3 is 15.0 Å². The van der Waals surface area contributed by atoms with Gasteiger partial charge in [0.2, 0.25) is 0 Å². The van der Waals surface area contributed by atoms with Crippen LogP contribution in [0.5, 0.6) is 0 Å². The highest BCUT2D eigenvalue weighted by atomic mass is 127. The maximum absolute atomic E-state index is 11.6. The summed E-state index contributed by atoms with van der Waals surface area (Å²) in [5, 5.41) is 3.46. The average Bonchev–Trinajstić information content (AvgIpc) is 2.68. The van der Waals surface area contributed by atoms with Crippen molar-refractivity contribution in [3.63, 3.8) is 0 Å². The summed E-state index contributed by atoms with van der Waals surface area (Å²) in [6.45, 7) is 7.03. The fourth-order valence-corrected chi connectivity index (χ4v) is 3.39. The number of aliphatic imine (C=N–C) groups is 1. The highest BCUT2D eigenvalue weighted by Gasteiger charge is 2.26. The molecule has 1 aliphatic rings. The average molecular weight is 487 g/mol. The Morgan fingerprint density at radius 1 is 1.26 bits per heavy atom. The molecule has 5 nitrogen and oxygen atoms in total. The van der Waals surface area contributed by atoms with Crippen LogP contribution in [0.2, 0.25) is 0 Å². The first kappa shape index (κ1) is 23.7. The van der Waals surface area contributed by atoms with Crippen LogP contribution in [0.4, 0.5) is 0 Å². The summed E-state index contributed by atoms with van der Waals surface area (Å²) in [6.07, 6.45) is 3.79. The lowest BCUT2D eigenvalue weighted by Gasteiger charge is -2.33. The van der Waals surface area contributed by atoms with E-state index in [0.717, 1.165) is 51.3 Å². The summed E-state index contributed by atoms with van der Waals surface area (Å²) in [5.74, 6) is 1.46. The second kappa shape index (κ2) is 12.2. The number of nitrogens with zero attached hydrogens (tertiary/aromatic N) is 2. The summed E-state index contributed by atoms with van der Waals surface area (Å²) >= 11 is 0. The van der Waals surface area contributed by atoms with Gasteiger partial charge in [0.1, 0.15) is 0 Å². The third-order valence-corrected chi connectivity index (χ3v) is 5.11. The normalized spacial score (nSPS) is 15.4. The van der Waals surface area contributed by atoms with Crippen molar-refractivity contribution in [2.75, 3.05) is 33.8 Å². The summed E-state index contributed by atoms with van der Waals surface area (Å²) in [5.41, 5.74) is 2.77. The van der Waals surface area contributed by atoms with Gasteiger partial charge in [-0.25, -0.2) is 0 Å². The van der Waals surface area contributed by atoms with Crippen molar-refractivity contribution in [2.24, 2.45) is 10.9 Å². The molecule has 6 heteroatoms. The molecule has 0 radical (unpaired) electrons. The molecule has 0 bridgehead atoms. The molecule has 0 saturated carbocycles. The third kappa shape index (κ3) is 7.31. The molecule has 1 fully saturated rings. The molecule has 0 amide bonds. The zero-order valence-electron chi connectivity index (χ0n) is 17.0. The van der Waals surface area contributed by atoms with Crippen molar-refractivity contribution in [1.29, 1.82) is 0 Å². The number of likely N-dealkylation sites (tertiary alicyclic amines) is 1. The Morgan fingerprint density at radius 2 is 1.89 bits per heavy atom. The number of hydrogen-bond acceptors (Lipinski definition) is 3. The first-order valence-electron chi connectivity index (χ1n) is 9.67. The summed E-state index contributed by atoms with van der Waals surface area (Å²) < 4.78 is 4.85. The van der Waals surface area contributed by atoms with Gasteiger partial charge in [0, 0.05) is 26.7 Å². The second-order valence-electron chi connectivity index (χ2n) is 7.26. The quantitative estimate of drug-likeness (QED) is 0.218. The molecule has 1 aromatic carbocycles. The van der Waals surface area contributed by atoms with Crippen molar-refractivity contribution in [3.05, 3.63) is 35.4 Å². The van der Waals surface area contributed by atoms with E-state index < -0.39 is 0 Å². The van der Waals surface area contributed by atoms with E-state index in [1.165, 1.54) is 18.2 Å². The van der Waals surface area contributed by atoms with Gasteiger partial charge >= 0.3 is 5.97 Å². The highest BCUT2D eigenvalue weighted by Crippen LogP contribution is 2.18. The molecule has 152 valence electrons. The van der Waals surface area contributed by atoms with E-state index in [4.69, 9.17) is 4.74 Å². The van der Waals surface area contributed by atoms with Gasteiger partial charge in [0.25, 0.3) is 0 Å². The molecule has 1 aromatic rings. The largest absolute Gasteiger partial charge is 0.469 e. The number of piperidine rings is 1. The molecule has 0 aromatic heterocycles. The molecule has 0 spiro atoms. The lowest BCUT2D eigenvalue weighted by Crippen LogP contribution is -2.46. The van der Waals surface area contributed by atoms with Gasteiger partial charge in [-0.15, -0.1) is 24.0 Å². The summed E-state index contributed by atoms with van der Waals surface area (Å²) in [4.78, 5) is 18.3. The number of hydrogen-bond donors (Lipinski definition) is 1. The molecule has 2 rings (SSSR count). The predicted octanol–water partition coefficient (Wildman–Crippen LogP) is 3.82. The van der Waals surface area contributed by atoms with Crippen LogP contribution in [0.25, 0.3) is 0 Å². The fourth-order valence-electron chi connectivity index (χ4n) is 3.39. The van der Waals surface area contributed by atoms with Gasteiger partial charge in [-0.1, -0.05) is 38.1 Å².